The van der Waals surface area contributed by atoms with Crippen molar-refractivity contribution in [3.05, 3.63) is 58.1 Å². The molecule has 0 bridgehead atoms. The van der Waals surface area contributed by atoms with E-state index in [0.717, 1.165) is 12.1 Å². The molecule has 0 aromatic heterocycles. The molecule has 0 saturated carbocycles. The molecular weight excluding hydrogens is 458 g/mol. The lowest BCUT2D eigenvalue weighted by molar-refractivity contribution is -0.137. The number of carbonyl (C=O) groups is 2. The molecule has 0 fully saturated rings. The summed E-state index contributed by atoms with van der Waals surface area (Å²) < 4.78 is 50.6. The van der Waals surface area contributed by atoms with Crippen molar-refractivity contribution in [3.8, 4) is 5.75 Å². The number of halogens is 5. The SMILES string of the molecule is COc1ccc(Cl)cc1C1(Cl)C(=O)N(C(=O)OC(C)(C)C)c2cc(C(F)(F)F)ccc21. The summed E-state index contributed by atoms with van der Waals surface area (Å²) in [5, 5.41) is 0.216. The highest BCUT2D eigenvalue weighted by atomic mass is 35.5. The molecule has 2 amide bonds. The minimum Gasteiger partial charge on any atom is -0.496 e. The lowest BCUT2D eigenvalue weighted by Crippen LogP contribution is -2.43. The third kappa shape index (κ3) is 4.06. The second kappa shape index (κ2) is 7.60. The summed E-state index contributed by atoms with van der Waals surface area (Å²) in [5.74, 6) is -0.831. The molecule has 3 rings (SSSR count). The van der Waals surface area contributed by atoms with E-state index >= 15 is 0 Å². The number of fused-ring (bicyclic) bond motifs is 1. The Balaban J connectivity index is 2.29. The molecule has 0 saturated heterocycles. The Morgan fingerprint density at radius 2 is 1.71 bits per heavy atom. The highest BCUT2D eigenvalue weighted by Gasteiger charge is 2.56. The van der Waals surface area contributed by atoms with Gasteiger partial charge in [0.2, 0.25) is 0 Å². The van der Waals surface area contributed by atoms with Crippen LogP contribution in [0.1, 0.15) is 37.5 Å². The molecule has 0 radical (unpaired) electrons. The summed E-state index contributed by atoms with van der Waals surface area (Å²) in [7, 11) is 1.34. The van der Waals surface area contributed by atoms with Crippen LogP contribution in [0.5, 0.6) is 5.75 Å². The highest BCUT2D eigenvalue weighted by molar-refractivity contribution is 6.44. The molecule has 0 N–H and O–H groups in total. The first-order valence-electron chi connectivity index (χ1n) is 9.02. The second-order valence-electron chi connectivity index (χ2n) is 7.85. The smallest absolute Gasteiger partial charge is 0.421 e. The Morgan fingerprint density at radius 1 is 1.06 bits per heavy atom. The van der Waals surface area contributed by atoms with Crippen molar-refractivity contribution < 1.29 is 32.2 Å². The van der Waals surface area contributed by atoms with Crippen LogP contribution in [-0.2, 0) is 20.6 Å². The van der Waals surface area contributed by atoms with E-state index in [0.29, 0.717) is 11.0 Å². The minimum absolute atomic E-state index is 0.0291. The number of methoxy groups -OCH3 is 1. The maximum Gasteiger partial charge on any atom is 0.421 e. The number of benzene rings is 2. The van der Waals surface area contributed by atoms with Gasteiger partial charge in [-0.25, -0.2) is 9.69 Å². The van der Waals surface area contributed by atoms with Crippen LogP contribution < -0.4 is 9.64 Å². The third-order valence-electron chi connectivity index (χ3n) is 4.54. The van der Waals surface area contributed by atoms with Crippen LogP contribution >= 0.6 is 23.2 Å². The number of carbonyl (C=O) groups excluding carboxylic acids is 2. The number of hydrogen-bond acceptors (Lipinski definition) is 4. The van der Waals surface area contributed by atoms with Gasteiger partial charge in [0.05, 0.1) is 18.4 Å². The van der Waals surface area contributed by atoms with Gasteiger partial charge >= 0.3 is 12.3 Å². The summed E-state index contributed by atoms with van der Waals surface area (Å²) in [4.78, 5) is 24.7. The van der Waals surface area contributed by atoms with Crippen LogP contribution in [0.2, 0.25) is 5.02 Å². The fourth-order valence-electron chi connectivity index (χ4n) is 3.26. The van der Waals surface area contributed by atoms with E-state index in [4.69, 9.17) is 32.7 Å². The van der Waals surface area contributed by atoms with E-state index < -0.39 is 34.2 Å². The van der Waals surface area contributed by atoms with Crippen LogP contribution in [-0.4, -0.2) is 24.7 Å². The Hall–Kier alpha value is -2.45. The average molecular weight is 476 g/mol. The minimum atomic E-state index is -4.71. The van der Waals surface area contributed by atoms with Crippen LogP contribution in [0.4, 0.5) is 23.7 Å². The maximum atomic E-state index is 13.5. The van der Waals surface area contributed by atoms with E-state index in [-0.39, 0.29) is 27.6 Å². The molecule has 10 heteroatoms. The number of imide groups is 1. The molecule has 31 heavy (non-hydrogen) atoms. The van der Waals surface area contributed by atoms with Gasteiger partial charge in [0.25, 0.3) is 5.91 Å². The number of hydrogen-bond donors (Lipinski definition) is 0. The summed E-state index contributed by atoms with van der Waals surface area (Å²) in [6, 6.07) is 6.88. The van der Waals surface area contributed by atoms with Gasteiger partial charge in [0.1, 0.15) is 11.4 Å². The third-order valence-corrected chi connectivity index (χ3v) is 5.35. The molecule has 1 atom stereocenters. The van der Waals surface area contributed by atoms with Crippen molar-refractivity contribution in [1.82, 2.24) is 0 Å². The predicted octanol–water partition coefficient (Wildman–Crippen LogP) is 6.13. The molecule has 2 aromatic carbocycles. The summed E-state index contributed by atoms with van der Waals surface area (Å²) in [5.41, 5.74) is -2.33. The molecule has 1 heterocycles. The first-order valence-corrected chi connectivity index (χ1v) is 9.78. The van der Waals surface area contributed by atoms with Crippen LogP contribution in [0, 0.1) is 0 Å². The van der Waals surface area contributed by atoms with E-state index in [1.165, 1.54) is 25.3 Å². The molecule has 166 valence electrons. The van der Waals surface area contributed by atoms with Gasteiger partial charge in [-0.15, -0.1) is 0 Å². The topological polar surface area (TPSA) is 55.8 Å². The van der Waals surface area contributed by atoms with Crippen molar-refractivity contribution in [2.75, 3.05) is 12.0 Å². The molecule has 1 aliphatic heterocycles. The van der Waals surface area contributed by atoms with E-state index in [2.05, 4.69) is 0 Å². The van der Waals surface area contributed by atoms with E-state index in [1.807, 2.05) is 0 Å². The van der Waals surface area contributed by atoms with Crippen LogP contribution in [0.15, 0.2) is 36.4 Å². The predicted molar refractivity (Wildman–Crippen MR) is 110 cm³/mol. The first-order chi connectivity index (χ1) is 14.2. The van der Waals surface area contributed by atoms with Gasteiger partial charge in [0.15, 0.2) is 4.87 Å². The summed E-state index contributed by atoms with van der Waals surface area (Å²) >= 11 is 12.9. The summed E-state index contributed by atoms with van der Waals surface area (Å²) in [6.45, 7) is 4.69. The van der Waals surface area contributed by atoms with Gasteiger partial charge in [-0.05, 0) is 51.1 Å². The van der Waals surface area contributed by atoms with Gasteiger partial charge in [0, 0.05) is 16.1 Å². The van der Waals surface area contributed by atoms with Crippen molar-refractivity contribution >= 4 is 40.9 Å². The molecule has 2 aromatic rings. The summed E-state index contributed by atoms with van der Waals surface area (Å²) in [6.07, 6.45) is -5.86. The fourth-order valence-corrected chi connectivity index (χ4v) is 3.83. The quantitative estimate of drug-likeness (QED) is 0.490. The van der Waals surface area contributed by atoms with Crippen molar-refractivity contribution in [2.45, 2.75) is 37.4 Å². The zero-order chi connectivity index (χ0) is 23.4. The van der Waals surface area contributed by atoms with E-state index in [9.17, 15) is 22.8 Å². The second-order valence-corrected chi connectivity index (χ2v) is 8.86. The van der Waals surface area contributed by atoms with Gasteiger partial charge in [-0.1, -0.05) is 29.3 Å². The van der Waals surface area contributed by atoms with Crippen molar-refractivity contribution in [1.29, 1.82) is 0 Å². The first kappa shape index (κ1) is 23.2. The van der Waals surface area contributed by atoms with Gasteiger partial charge in [-0.3, -0.25) is 4.79 Å². The Bertz CT molecular complexity index is 1070. The van der Waals surface area contributed by atoms with Crippen molar-refractivity contribution in [3.63, 3.8) is 0 Å². The zero-order valence-corrected chi connectivity index (χ0v) is 18.4. The molecule has 0 spiro atoms. The number of nitrogens with zero attached hydrogens (tertiary/aromatic N) is 1. The number of amides is 2. The maximum absolute atomic E-state index is 13.5. The normalized spacial score (nSPS) is 18.7. The number of anilines is 1. The Kier molecular flexibility index (Phi) is 5.69. The number of ether oxygens (including phenoxy) is 2. The Labute approximate surface area is 186 Å². The fraction of sp³-hybridized carbons (Fsp3) is 0.333. The van der Waals surface area contributed by atoms with Crippen molar-refractivity contribution in [2.24, 2.45) is 0 Å². The molecule has 0 aliphatic carbocycles. The molecular formula is C21H18Cl2F3NO4. The standard InChI is InChI=1S/C21H18Cl2F3NO4/c1-19(2,3)31-18(29)27-15-9-11(21(24,25)26)5-7-13(15)20(23,17(27)28)14-10-12(22)6-8-16(14)30-4/h5-10H,1-4H3. The van der Waals surface area contributed by atoms with Gasteiger partial charge < -0.3 is 9.47 Å². The average Bonchev–Trinajstić information content (AvgIpc) is 2.87. The molecule has 5 nitrogen and oxygen atoms in total. The highest BCUT2D eigenvalue weighted by Crippen LogP contribution is 2.53. The number of rotatable bonds is 2. The van der Waals surface area contributed by atoms with Crippen LogP contribution in [0.25, 0.3) is 0 Å². The monoisotopic (exact) mass is 475 g/mol. The zero-order valence-electron chi connectivity index (χ0n) is 16.9. The molecule has 1 aliphatic rings. The molecule has 1 unspecified atom stereocenters. The lowest BCUT2D eigenvalue weighted by atomic mass is 9.90. The van der Waals surface area contributed by atoms with Crippen LogP contribution in [0.3, 0.4) is 0 Å². The largest absolute Gasteiger partial charge is 0.496 e. The number of alkyl halides is 4. The van der Waals surface area contributed by atoms with E-state index in [1.54, 1.807) is 20.8 Å². The Morgan fingerprint density at radius 3 is 2.26 bits per heavy atom. The lowest BCUT2D eigenvalue weighted by Gasteiger charge is -2.26. The van der Waals surface area contributed by atoms with Gasteiger partial charge in [-0.2, -0.15) is 13.2 Å².